The van der Waals surface area contributed by atoms with Gasteiger partial charge in [-0.3, -0.25) is 0 Å². The van der Waals surface area contributed by atoms with Crippen LogP contribution in [0.1, 0.15) is 18.5 Å². The molecule has 2 amide bonds. The van der Waals surface area contributed by atoms with Crippen LogP contribution in [0.5, 0.6) is 0 Å². The molecule has 4 heteroatoms. The predicted molar refractivity (Wildman–Crippen MR) is 55.0 cm³/mol. The highest BCUT2D eigenvalue weighted by Gasteiger charge is 2.10. The first kappa shape index (κ1) is 10.1. The van der Waals surface area contributed by atoms with Gasteiger partial charge >= 0.3 is 6.03 Å². The topological polar surface area (TPSA) is 32.3 Å². The van der Waals surface area contributed by atoms with Crippen LogP contribution in [-0.2, 0) is 0 Å². The van der Waals surface area contributed by atoms with Crippen molar-refractivity contribution in [1.82, 2.24) is 10.2 Å². The number of amides is 2. The van der Waals surface area contributed by atoms with Gasteiger partial charge in [-0.25, -0.2) is 4.79 Å². The molecule has 1 N–H and O–H groups in total. The minimum absolute atomic E-state index is 0.0568. The first-order valence-corrected chi connectivity index (χ1v) is 5.05. The molecule has 0 bridgehead atoms. The van der Waals surface area contributed by atoms with Gasteiger partial charge in [0.15, 0.2) is 0 Å². The molecule has 0 aromatic carbocycles. The molecule has 0 saturated heterocycles. The summed E-state index contributed by atoms with van der Waals surface area (Å²) in [5.41, 5.74) is 1.15. The lowest BCUT2D eigenvalue weighted by molar-refractivity contribution is 0.214. The normalized spacial score (nSPS) is 12.2. The molecule has 0 aliphatic heterocycles. The van der Waals surface area contributed by atoms with E-state index >= 15 is 0 Å². The first-order chi connectivity index (χ1) is 6.11. The van der Waals surface area contributed by atoms with E-state index in [4.69, 9.17) is 0 Å². The highest BCUT2D eigenvalue weighted by molar-refractivity contribution is 7.07. The molecular formula is C9H14N2OS. The maximum atomic E-state index is 11.3. The van der Waals surface area contributed by atoms with Crippen LogP contribution in [0.3, 0.4) is 0 Å². The molecule has 0 aliphatic carbocycles. The van der Waals surface area contributed by atoms with Crippen molar-refractivity contribution in [2.75, 3.05) is 14.1 Å². The minimum atomic E-state index is -0.0568. The Hall–Kier alpha value is -1.03. The largest absolute Gasteiger partial charge is 0.331 e. The van der Waals surface area contributed by atoms with Gasteiger partial charge < -0.3 is 10.2 Å². The van der Waals surface area contributed by atoms with Crippen LogP contribution < -0.4 is 5.32 Å². The molecule has 0 aliphatic rings. The Morgan fingerprint density at radius 2 is 2.31 bits per heavy atom. The monoisotopic (exact) mass is 198 g/mol. The number of hydrogen-bond acceptors (Lipinski definition) is 2. The third-order valence-corrected chi connectivity index (χ3v) is 2.49. The first-order valence-electron chi connectivity index (χ1n) is 4.11. The van der Waals surface area contributed by atoms with E-state index in [1.165, 1.54) is 4.90 Å². The zero-order valence-corrected chi connectivity index (χ0v) is 8.89. The summed E-state index contributed by atoms with van der Waals surface area (Å²) in [6.07, 6.45) is 0. The van der Waals surface area contributed by atoms with E-state index in [2.05, 4.69) is 5.32 Å². The Morgan fingerprint density at radius 3 is 2.77 bits per heavy atom. The third kappa shape index (κ3) is 2.73. The Balaban J connectivity index is 2.51. The molecule has 0 radical (unpaired) electrons. The fourth-order valence-corrected chi connectivity index (χ4v) is 1.67. The van der Waals surface area contributed by atoms with Crippen LogP contribution in [-0.4, -0.2) is 25.0 Å². The van der Waals surface area contributed by atoms with Crippen molar-refractivity contribution in [2.45, 2.75) is 13.0 Å². The van der Waals surface area contributed by atoms with Crippen LogP contribution in [0, 0.1) is 0 Å². The Morgan fingerprint density at radius 1 is 1.62 bits per heavy atom. The van der Waals surface area contributed by atoms with Gasteiger partial charge in [0.1, 0.15) is 0 Å². The molecule has 3 nitrogen and oxygen atoms in total. The summed E-state index contributed by atoms with van der Waals surface area (Å²) in [6.45, 7) is 1.98. The van der Waals surface area contributed by atoms with E-state index in [1.807, 2.05) is 23.8 Å². The van der Waals surface area contributed by atoms with E-state index in [0.29, 0.717) is 0 Å². The summed E-state index contributed by atoms with van der Waals surface area (Å²) in [4.78, 5) is 12.8. The fraction of sp³-hybridized carbons (Fsp3) is 0.444. The van der Waals surface area contributed by atoms with Crippen molar-refractivity contribution in [2.24, 2.45) is 0 Å². The highest BCUT2D eigenvalue weighted by atomic mass is 32.1. The van der Waals surface area contributed by atoms with Gasteiger partial charge in [0.2, 0.25) is 0 Å². The predicted octanol–water partition coefficient (Wildman–Crippen LogP) is 2.08. The van der Waals surface area contributed by atoms with Crippen molar-refractivity contribution in [3.63, 3.8) is 0 Å². The number of nitrogens with zero attached hydrogens (tertiary/aromatic N) is 1. The fourth-order valence-electron chi connectivity index (χ4n) is 0.919. The highest BCUT2D eigenvalue weighted by Crippen LogP contribution is 2.15. The molecule has 72 valence electrons. The molecular weight excluding hydrogens is 184 g/mol. The van der Waals surface area contributed by atoms with Crippen molar-refractivity contribution < 1.29 is 4.79 Å². The van der Waals surface area contributed by atoms with Crippen LogP contribution in [0.25, 0.3) is 0 Å². The van der Waals surface area contributed by atoms with E-state index < -0.39 is 0 Å². The molecule has 0 saturated carbocycles. The maximum Gasteiger partial charge on any atom is 0.317 e. The van der Waals surface area contributed by atoms with Crippen molar-refractivity contribution >= 4 is 17.4 Å². The van der Waals surface area contributed by atoms with E-state index in [1.54, 1.807) is 25.4 Å². The number of urea groups is 1. The molecule has 1 aromatic rings. The van der Waals surface area contributed by atoms with Gasteiger partial charge in [0, 0.05) is 14.1 Å². The van der Waals surface area contributed by atoms with Crippen LogP contribution in [0.2, 0.25) is 0 Å². The zero-order chi connectivity index (χ0) is 9.84. The van der Waals surface area contributed by atoms with Crippen LogP contribution in [0.4, 0.5) is 4.79 Å². The van der Waals surface area contributed by atoms with Gasteiger partial charge in [0.05, 0.1) is 6.04 Å². The lowest BCUT2D eigenvalue weighted by Crippen LogP contribution is -2.35. The van der Waals surface area contributed by atoms with Gasteiger partial charge in [-0.05, 0) is 29.3 Å². The average Bonchev–Trinajstić information content (AvgIpc) is 2.55. The van der Waals surface area contributed by atoms with Gasteiger partial charge in [-0.2, -0.15) is 11.3 Å². The second-order valence-corrected chi connectivity index (χ2v) is 3.90. The Labute approximate surface area is 82.4 Å². The van der Waals surface area contributed by atoms with E-state index in [0.717, 1.165) is 5.56 Å². The molecule has 0 fully saturated rings. The smallest absolute Gasteiger partial charge is 0.317 e. The molecule has 1 aromatic heterocycles. The second-order valence-electron chi connectivity index (χ2n) is 3.12. The summed E-state index contributed by atoms with van der Waals surface area (Å²) in [6, 6.07) is 2.05. The van der Waals surface area contributed by atoms with Gasteiger partial charge in [-0.1, -0.05) is 0 Å². The molecule has 1 atom stereocenters. The SMILES string of the molecule is CC(NC(=O)N(C)C)c1ccsc1. The molecule has 1 rings (SSSR count). The minimum Gasteiger partial charge on any atom is -0.331 e. The number of rotatable bonds is 2. The van der Waals surface area contributed by atoms with Crippen LogP contribution >= 0.6 is 11.3 Å². The quantitative estimate of drug-likeness (QED) is 0.775. The summed E-state index contributed by atoms with van der Waals surface area (Å²) < 4.78 is 0. The molecule has 1 unspecified atom stereocenters. The molecule has 1 heterocycles. The number of carbonyl (C=O) groups excluding carboxylic acids is 1. The number of carbonyl (C=O) groups is 1. The number of nitrogens with one attached hydrogen (secondary N) is 1. The number of thiophene rings is 1. The Bertz CT molecular complexity index is 269. The lowest BCUT2D eigenvalue weighted by Gasteiger charge is -2.16. The molecule has 13 heavy (non-hydrogen) atoms. The van der Waals surface area contributed by atoms with Gasteiger partial charge in [-0.15, -0.1) is 0 Å². The third-order valence-electron chi connectivity index (χ3n) is 1.79. The standard InChI is InChI=1S/C9H14N2OS/c1-7(8-4-5-13-6-8)10-9(12)11(2)3/h4-7H,1-3H3,(H,10,12). The average molecular weight is 198 g/mol. The second kappa shape index (κ2) is 4.28. The summed E-state index contributed by atoms with van der Waals surface area (Å²) in [5, 5.41) is 6.93. The number of hydrogen-bond donors (Lipinski definition) is 1. The van der Waals surface area contributed by atoms with E-state index in [9.17, 15) is 4.79 Å². The zero-order valence-electron chi connectivity index (χ0n) is 8.07. The molecule has 0 spiro atoms. The lowest BCUT2D eigenvalue weighted by atomic mass is 10.2. The maximum absolute atomic E-state index is 11.3. The van der Waals surface area contributed by atoms with Crippen molar-refractivity contribution in [3.05, 3.63) is 22.4 Å². The van der Waals surface area contributed by atoms with Gasteiger partial charge in [0.25, 0.3) is 0 Å². The summed E-state index contributed by atoms with van der Waals surface area (Å²) in [5.74, 6) is 0. The van der Waals surface area contributed by atoms with Crippen molar-refractivity contribution in [3.8, 4) is 0 Å². The van der Waals surface area contributed by atoms with Crippen LogP contribution in [0.15, 0.2) is 16.8 Å². The van der Waals surface area contributed by atoms with Crippen molar-refractivity contribution in [1.29, 1.82) is 0 Å². The summed E-state index contributed by atoms with van der Waals surface area (Å²) in [7, 11) is 3.46. The summed E-state index contributed by atoms with van der Waals surface area (Å²) >= 11 is 1.64. The van der Waals surface area contributed by atoms with E-state index in [-0.39, 0.29) is 12.1 Å². The Kier molecular flexibility index (Phi) is 3.31.